The maximum Gasteiger partial charge on any atom is 0.338 e. The van der Waals surface area contributed by atoms with E-state index in [1.54, 1.807) is 21.1 Å². The third-order valence-corrected chi connectivity index (χ3v) is 7.59. The van der Waals surface area contributed by atoms with E-state index < -0.39 is 12.0 Å². The van der Waals surface area contributed by atoms with Crippen molar-refractivity contribution in [1.82, 2.24) is 10.2 Å². The summed E-state index contributed by atoms with van der Waals surface area (Å²) in [5.41, 5.74) is 3.33. The van der Waals surface area contributed by atoms with Crippen LogP contribution in [0.2, 0.25) is 0 Å². The number of nitrogens with one attached hydrogen (secondary N) is 1. The van der Waals surface area contributed by atoms with Crippen LogP contribution in [0.15, 0.2) is 70.2 Å². The number of thioether (sulfide) groups is 1. The second-order valence-electron chi connectivity index (χ2n) is 9.28. The largest absolute Gasteiger partial charge is 0.493 e. The number of hydrogen-bond acceptors (Lipinski definition) is 8. The summed E-state index contributed by atoms with van der Waals surface area (Å²) < 4.78 is 16.6. The number of esters is 1. The second kappa shape index (κ2) is 11.3. The molecule has 0 radical (unpaired) electrons. The van der Waals surface area contributed by atoms with E-state index in [1.165, 1.54) is 24.6 Å². The summed E-state index contributed by atoms with van der Waals surface area (Å²) in [5.74, 6) is 1.20. The van der Waals surface area contributed by atoms with Crippen molar-refractivity contribution < 1.29 is 23.8 Å². The number of nitrogens with zero attached hydrogens (tertiary/aromatic N) is 2. The fourth-order valence-corrected chi connectivity index (χ4v) is 5.55. The molecular weight excluding hydrogens is 502 g/mol. The summed E-state index contributed by atoms with van der Waals surface area (Å²) in [6, 6.07) is 14.6. The molecule has 0 unspecified atom stereocenters. The molecule has 198 valence electrons. The van der Waals surface area contributed by atoms with E-state index in [1.807, 2.05) is 58.8 Å². The fourth-order valence-electron chi connectivity index (χ4n) is 4.63. The highest BCUT2D eigenvalue weighted by Gasteiger charge is 2.42. The van der Waals surface area contributed by atoms with Gasteiger partial charge in [-0.1, -0.05) is 48.2 Å². The van der Waals surface area contributed by atoms with Gasteiger partial charge in [0.05, 0.1) is 44.6 Å². The minimum absolute atomic E-state index is 0.0495. The second-order valence-corrected chi connectivity index (χ2v) is 10.1. The normalized spacial score (nSPS) is 18.4. The van der Waals surface area contributed by atoms with Gasteiger partial charge in [-0.25, -0.2) is 9.79 Å². The summed E-state index contributed by atoms with van der Waals surface area (Å²) in [6.07, 6.45) is 2.51. The smallest absolute Gasteiger partial charge is 0.338 e. The average Bonchev–Trinajstić information content (AvgIpc) is 3.70. The molecule has 0 aromatic heterocycles. The van der Waals surface area contributed by atoms with Gasteiger partial charge in [0.2, 0.25) is 5.91 Å². The molecule has 0 saturated heterocycles. The quantitative estimate of drug-likeness (QED) is 0.435. The zero-order chi connectivity index (χ0) is 26.6. The number of rotatable bonds is 10. The number of carbonyl (C=O) groups is 2. The topological polar surface area (TPSA) is 89.5 Å². The number of ether oxygens (including phenoxy) is 3. The molecule has 1 amide bonds. The SMILES string of the molecule is CCOC(=O)C1=C(c2ccccc2)N=C2SC=C(CC(=O)NCC3CC3)N2[C@@H]1c1ccc(OC)c(OC)c1. The predicted molar refractivity (Wildman–Crippen MR) is 148 cm³/mol. The van der Waals surface area contributed by atoms with E-state index >= 15 is 0 Å². The molecule has 3 aliphatic rings. The lowest BCUT2D eigenvalue weighted by Gasteiger charge is -2.37. The molecule has 2 heterocycles. The summed E-state index contributed by atoms with van der Waals surface area (Å²) in [5, 5.41) is 5.69. The molecule has 9 heteroatoms. The lowest BCUT2D eigenvalue weighted by atomic mass is 9.91. The number of carbonyl (C=O) groups excluding carboxylic acids is 2. The molecule has 2 aliphatic heterocycles. The molecule has 8 nitrogen and oxygen atoms in total. The highest BCUT2D eigenvalue weighted by atomic mass is 32.2. The molecule has 2 aromatic rings. The fraction of sp³-hybridized carbons (Fsp3) is 0.345. The van der Waals surface area contributed by atoms with E-state index in [0.29, 0.717) is 40.4 Å². The van der Waals surface area contributed by atoms with Gasteiger partial charge < -0.3 is 24.4 Å². The molecule has 1 aliphatic carbocycles. The van der Waals surface area contributed by atoms with Crippen molar-refractivity contribution in [2.45, 2.75) is 32.2 Å². The number of hydrogen-bond donors (Lipinski definition) is 1. The first-order chi connectivity index (χ1) is 18.5. The molecule has 38 heavy (non-hydrogen) atoms. The van der Waals surface area contributed by atoms with Crippen molar-refractivity contribution in [3.05, 3.63) is 76.3 Å². The van der Waals surface area contributed by atoms with Gasteiger partial charge in [0.1, 0.15) is 0 Å². The van der Waals surface area contributed by atoms with Crippen LogP contribution in [0.5, 0.6) is 11.5 Å². The molecule has 0 bridgehead atoms. The standard InChI is InChI=1S/C29H31N3O5S/c1-4-37-28(34)25-26(19-8-6-5-7-9-19)31-29-32(21(17-38-29)15-24(33)30-16-18-10-11-18)27(25)20-12-13-22(35-2)23(14-20)36-3/h5-9,12-14,17-18,27H,4,10-11,15-16H2,1-3H3,(H,30,33)/t27-/m1/s1. The molecule has 2 aromatic carbocycles. The molecule has 1 atom stereocenters. The Kier molecular flexibility index (Phi) is 7.74. The molecule has 1 fully saturated rings. The molecule has 5 rings (SSSR count). The van der Waals surface area contributed by atoms with Gasteiger partial charge in [-0.05, 0) is 48.8 Å². The summed E-state index contributed by atoms with van der Waals surface area (Å²) in [7, 11) is 3.16. The number of methoxy groups -OCH3 is 2. The number of amides is 1. The zero-order valence-electron chi connectivity index (χ0n) is 21.7. The molecule has 1 saturated carbocycles. The summed E-state index contributed by atoms with van der Waals surface area (Å²) >= 11 is 1.45. The summed E-state index contributed by atoms with van der Waals surface area (Å²) in [6.45, 7) is 2.71. The van der Waals surface area contributed by atoms with Crippen molar-refractivity contribution in [1.29, 1.82) is 0 Å². The van der Waals surface area contributed by atoms with Crippen molar-refractivity contribution in [2.75, 3.05) is 27.4 Å². The van der Waals surface area contributed by atoms with E-state index in [0.717, 1.165) is 16.8 Å². The number of amidine groups is 1. The zero-order valence-corrected chi connectivity index (χ0v) is 22.5. The Bertz CT molecular complexity index is 1320. The van der Waals surface area contributed by atoms with Crippen LogP contribution in [0.4, 0.5) is 0 Å². The lowest BCUT2D eigenvalue weighted by molar-refractivity contribution is -0.139. The number of benzene rings is 2. The van der Waals surface area contributed by atoms with Crippen molar-refractivity contribution in [3.8, 4) is 11.5 Å². The van der Waals surface area contributed by atoms with Crippen molar-refractivity contribution >= 4 is 34.5 Å². The van der Waals surface area contributed by atoms with E-state index in [-0.39, 0.29) is 18.9 Å². The Balaban J connectivity index is 1.62. The van der Waals surface area contributed by atoms with Gasteiger partial charge in [-0.3, -0.25) is 4.79 Å². The molecule has 0 spiro atoms. The monoisotopic (exact) mass is 533 g/mol. The molecular formula is C29H31N3O5S. The van der Waals surface area contributed by atoms with Crippen LogP contribution in [0.25, 0.3) is 5.70 Å². The van der Waals surface area contributed by atoms with Crippen LogP contribution in [-0.4, -0.2) is 49.3 Å². The minimum atomic E-state index is -0.589. The van der Waals surface area contributed by atoms with E-state index in [9.17, 15) is 9.59 Å². The first-order valence-corrected chi connectivity index (χ1v) is 13.6. The van der Waals surface area contributed by atoms with Crippen LogP contribution < -0.4 is 14.8 Å². The third-order valence-electron chi connectivity index (χ3n) is 6.70. The Morgan fingerprint density at radius 1 is 1.08 bits per heavy atom. The van der Waals surface area contributed by atoms with Crippen LogP contribution in [0.1, 0.15) is 43.4 Å². The summed E-state index contributed by atoms with van der Waals surface area (Å²) in [4.78, 5) is 33.4. The maximum atomic E-state index is 13.6. The number of aliphatic imine (C=N–C) groups is 1. The van der Waals surface area contributed by atoms with Gasteiger partial charge in [0.25, 0.3) is 0 Å². The highest BCUT2D eigenvalue weighted by Crippen LogP contribution is 2.48. The van der Waals surface area contributed by atoms with Crippen LogP contribution >= 0.6 is 11.8 Å². The first-order valence-electron chi connectivity index (χ1n) is 12.7. The van der Waals surface area contributed by atoms with Crippen molar-refractivity contribution in [2.24, 2.45) is 10.9 Å². The third kappa shape index (κ3) is 5.29. The van der Waals surface area contributed by atoms with Gasteiger partial charge >= 0.3 is 5.97 Å². The van der Waals surface area contributed by atoms with Crippen LogP contribution in [-0.2, 0) is 14.3 Å². The van der Waals surface area contributed by atoms with Crippen molar-refractivity contribution in [3.63, 3.8) is 0 Å². The van der Waals surface area contributed by atoms with Gasteiger partial charge in [-0.2, -0.15) is 0 Å². The Hall–Kier alpha value is -3.72. The highest BCUT2D eigenvalue weighted by molar-refractivity contribution is 8.16. The average molecular weight is 534 g/mol. The van der Waals surface area contributed by atoms with Crippen LogP contribution in [0.3, 0.4) is 0 Å². The predicted octanol–water partition coefficient (Wildman–Crippen LogP) is 4.90. The Morgan fingerprint density at radius 2 is 1.84 bits per heavy atom. The van der Waals surface area contributed by atoms with E-state index in [4.69, 9.17) is 19.2 Å². The van der Waals surface area contributed by atoms with Gasteiger partial charge in [0, 0.05) is 17.8 Å². The minimum Gasteiger partial charge on any atom is -0.493 e. The maximum absolute atomic E-state index is 13.6. The number of fused-ring (bicyclic) bond motifs is 1. The lowest BCUT2D eigenvalue weighted by Crippen LogP contribution is -2.38. The van der Waals surface area contributed by atoms with Gasteiger partial charge in [0.15, 0.2) is 16.7 Å². The Labute approximate surface area is 226 Å². The van der Waals surface area contributed by atoms with Gasteiger partial charge in [-0.15, -0.1) is 0 Å². The molecule has 1 N–H and O–H groups in total. The Morgan fingerprint density at radius 3 is 2.53 bits per heavy atom. The first kappa shape index (κ1) is 25.9. The van der Waals surface area contributed by atoms with Crippen LogP contribution in [0, 0.1) is 5.92 Å². The van der Waals surface area contributed by atoms with E-state index in [2.05, 4.69) is 5.32 Å².